The van der Waals surface area contributed by atoms with Crippen molar-refractivity contribution in [2.24, 2.45) is 5.41 Å². The number of aliphatic hydroxyl groups excluding tert-OH is 1. The molecule has 0 bridgehead atoms. The van der Waals surface area contributed by atoms with Crippen molar-refractivity contribution < 1.29 is 9.90 Å². The molecule has 0 aromatic carbocycles. The molecule has 0 amide bonds. The van der Waals surface area contributed by atoms with Crippen LogP contribution in [0.15, 0.2) is 0 Å². The van der Waals surface area contributed by atoms with Crippen molar-refractivity contribution in [3.63, 3.8) is 0 Å². The Morgan fingerprint density at radius 1 is 1.55 bits per heavy atom. The number of carbonyl (C=O) groups excluding carboxylic acids is 1. The molecule has 1 aliphatic rings. The van der Waals surface area contributed by atoms with Crippen LogP contribution in [0.25, 0.3) is 0 Å². The molecule has 0 atom stereocenters. The second-order valence-corrected chi connectivity index (χ2v) is 3.47. The maximum Gasteiger partial charge on any atom is 0.141 e. The molecule has 0 unspecified atom stereocenters. The van der Waals surface area contributed by atoms with E-state index in [2.05, 4.69) is 0 Å². The Hall–Kier alpha value is -0.370. The van der Waals surface area contributed by atoms with E-state index in [0.717, 1.165) is 25.7 Å². The summed E-state index contributed by atoms with van der Waals surface area (Å²) in [4.78, 5) is 11.4. The molecular formula is C9H16O2. The number of Topliss-reactive ketones (excluding diaryl/α,β-unsaturated/α-hetero) is 1. The van der Waals surface area contributed by atoms with Crippen LogP contribution in [0.5, 0.6) is 0 Å². The van der Waals surface area contributed by atoms with Crippen molar-refractivity contribution in [3.05, 3.63) is 0 Å². The SMILES string of the molecule is CCCC(=O)C1(CO)CCC1. The number of rotatable bonds is 4. The molecule has 1 rings (SSSR count). The largest absolute Gasteiger partial charge is 0.395 e. The van der Waals surface area contributed by atoms with Gasteiger partial charge in [0.2, 0.25) is 0 Å². The highest BCUT2D eigenvalue weighted by Gasteiger charge is 2.42. The maximum absolute atomic E-state index is 11.4. The number of hydrogen-bond donors (Lipinski definition) is 1. The number of carbonyl (C=O) groups is 1. The normalized spacial score (nSPS) is 20.9. The predicted octanol–water partition coefficient (Wildman–Crippen LogP) is 1.52. The summed E-state index contributed by atoms with van der Waals surface area (Å²) in [5, 5.41) is 9.01. The Balaban J connectivity index is 2.47. The lowest BCUT2D eigenvalue weighted by Gasteiger charge is -2.38. The van der Waals surface area contributed by atoms with E-state index >= 15 is 0 Å². The lowest BCUT2D eigenvalue weighted by atomic mass is 9.66. The van der Waals surface area contributed by atoms with Gasteiger partial charge in [-0.15, -0.1) is 0 Å². The Labute approximate surface area is 67.6 Å². The molecule has 0 aromatic rings. The molecular weight excluding hydrogens is 140 g/mol. The standard InChI is InChI=1S/C9H16O2/c1-2-4-8(11)9(7-10)5-3-6-9/h10H,2-7H2,1H3. The van der Waals surface area contributed by atoms with Crippen molar-refractivity contribution in [3.8, 4) is 0 Å². The van der Waals surface area contributed by atoms with Gasteiger partial charge in [0.25, 0.3) is 0 Å². The fraction of sp³-hybridized carbons (Fsp3) is 0.889. The second-order valence-electron chi connectivity index (χ2n) is 3.47. The zero-order valence-corrected chi connectivity index (χ0v) is 7.10. The summed E-state index contributed by atoms with van der Waals surface area (Å²) in [5.74, 6) is 0.272. The van der Waals surface area contributed by atoms with Gasteiger partial charge in [0.15, 0.2) is 0 Å². The zero-order valence-electron chi connectivity index (χ0n) is 7.10. The van der Waals surface area contributed by atoms with Gasteiger partial charge in [0.1, 0.15) is 5.78 Å². The van der Waals surface area contributed by atoms with Gasteiger partial charge in [-0.1, -0.05) is 13.3 Å². The van der Waals surface area contributed by atoms with E-state index in [1.165, 1.54) is 0 Å². The Bertz CT molecular complexity index is 142. The molecule has 1 aliphatic carbocycles. The molecule has 0 aromatic heterocycles. The summed E-state index contributed by atoms with van der Waals surface area (Å²) < 4.78 is 0. The van der Waals surface area contributed by atoms with Crippen molar-refractivity contribution in [2.75, 3.05) is 6.61 Å². The third kappa shape index (κ3) is 1.45. The van der Waals surface area contributed by atoms with Gasteiger partial charge in [-0.25, -0.2) is 0 Å². The summed E-state index contributed by atoms with van der Waals surface area (Å²) in [7, 11) is 0. The Morgan fingerprint density at radius 3 is 2.45 bits per heavy atom. The minimum Gasteiger partial charge on any atom is -0.395 e. The molecule has 0 radical (unpaired) electrons. The Morgan fingerprint density at radius 2 is 2.18 bits per heavy atom. The van der Waals surface area contributed by atoms with Gasteiger partial charge in [-0.05, 0) is 19.3 Å². The highest BCUT2D eigenvalue weighted by Crippen LogP contribution is 2.42. The molecule has 64 valence electrons. The molecule has 1 N–H and O–H groups in total. The van der Waals surface area contributed by atoms with Crippen LogP contribution >= 0.6 is 0 Å². The highest BCUT2D eigenvalue weighted by atomic mass is 16.3. The number of hydrogen-bond acceptors (Lipinski definition) is 2. The van der Waals surface area contributed by atoms with Gasteiger partial charge >= 0.3 is 0 Å². The van der Waals surface area contributed by atoms with E-state index in [9.17, 15) is 4.79 Å². The molecule has 1 fully saturated rings. The monoisotopic (exact) mass is 156 g/mol. The first-order valence-corrected chi connectivity index (χ1v) is 4.39. The van der Waals surface area contributed by atoms with Crippen LogP contribution < -0.4 is 0 Å². The van der Waals surface area contributed by atoms with E-state index < -0.39 is 0 Å². The summed E-state index contributed by atoms with van der Waals surface area (Å²) in [6.07, 6.45) is 4.46. The molecule has 0 spiro atoms. The number of aliphatic hydroxyl groups is 1. The fourth-order valence-electron chi connectivity index (χ4n) is 1.62. The van der Waals surface area contributed by atoms with Gasteiger partial charge < -0.3 is 5.11 Å². The van der Waals surface area contributed by atoms with E-state index in [1.54, 1.807) is 0 Å². The van der Waals surface area contributed by atoms with Crippen LogP contribution in [0.3, 0.4) is 0 Å². The van der Waals surface area contributed by atoms with Crippen LogP contribution in [-0.4, -0.2) is 17.5 Å². The highest BCUT2D eigenvalue weighted by molar-refractivity contribution is 5.85. The lowest BCUT2D eigenvalue weighted by Crippen LogP contribution is -2.41. The van der Waals surface area contributed by atoms with Gasteiger partial charge in [0.05, 0.1) is 12.0 Å². The molecule has 11 heavy (non-hydrogen) atoms. The van der Waals surface area contributed by atoms with Crippen molar-refractivity contribution >= 4 is 5.78 Å². The molecule has 2 nitrogen and oxygen atoms in total. The maximum atomic E-state index is 11.4. The molecule has 0 aliphatic heterocycles. The summed E-state index contributed by atoms with van der Waals surface area (Å²) in [6, 6.07) is 0. The Kier molecular flexibility index (Phi) is 2.66. The minimum absolute atomic E-state index is 0.0613. The zero-order chi connectivity index (χ0) is 8.32. The van der Waals surface area contributed by atoms with Gasteiger partial charge in [0, 0.05) is 6.42 Å². The molecule has 1 saturated carbocycles. The third-order valence-corrected chi connectivity index (χ3v) is 2.68. The van der Waals surface area contributed by atoms with Crippen LogP contribution in [0.1, 0.15) is 39.0 Å². The minimum atomic E-state index is -0.310. The summed E-state index contributed by atoms with van der Waals surface area (Å²) in [6.45, 7) is 2.06. The van der Waals surface area contributed by atoms with E-state index in [0.29, 0.717) is 6.42 Å². The molecule has 0 heterocycles. The first-order chi connectivity index (χ1) is 5.25. The van der Waals surface area contributed by atoms with E-state index in [1.807, 2.05) is 6.92 Å². The van der Waals surface area contributed by atoms with Crippen LogP contribution in [0.4, 0.5) is 0 Å². The smallest absolute Gasteiger partial charge is 0.141 e. The lowest BCUT2D eigenvalue weighted by molar-refractivity contribution is -0.136. The van der Waals surface area contributed by atoms with Gasteiger partial charge in [-0.3, -0.25) is 4.79 Å². The van der Waals surface area contributed by atoms with Crippen LogP contribution in [0, 0.1) is 5.41 Å². The van der Waals surface area contributed by atoms with Crippen molar-refractivity contribution in [1.82, 2.24) is 0 Å². The fourth-order valence-corrected chi connectivity index (χ4v) is 1.62. The second kappa shape index (κ2) is 3.35. The quantitative estimate of drug-likeness (QED) is 0.670. The van der Waals surface area contributed by atoms with Crippen molar-refractivity contribution in [1.29, 1.82) is 0 Å². The van der Waals surface area contributed by atoms with E-state index in [4.69, 9.17) is 5.11 Å². The number of ketones is 1. The van der Waals surface area contributed by atoms with Gasteiger partial charge in [-0.2, -0.15) is 0 Å². The first-order valence-electron chi connectivity index (χ1n) is 4.39. The summed E-state index contributed by atoms with van der Waals surface area (Å²) >= 11 is 0. The van der Waals surface area contributed by atoms with Crippen LogP contribution in [-0.2, 0) is 4.79 Å². The average Bonchev–Trinajstić information content (AvgIpc) is 1.87. The predicted molar refractivity (Wildman–Crippen MR) is 43.3 cm³/mol. The first kappa shape index (κ1) is 8.72. The molecule has 2 heteroatoms. The van der Waals surface area contributed by atoms with Crippen LogP contribution in [0.2, 0.25) is 0 Å². The molecule has 0 saturated heterocycles. The topological polar surface area (TPSA) is 37.3 Å². The third-order valence-electron chi connectivity index (χ3n) is 2.68. The summed E-state index contributed by atoms with van der Waals surface area (Å²) in [5.41, 5.74) is -0.310. The van der Waals surface area contributed by atoms with E-state index in [-0.39, 0.29) is 17.8 Å². The van der Waals surface area contributed by atoms with Crippen molar-refractivity contribution in [2.45, 2.75) is 39.0 Å². The average molecular weight is 156 g/mol.